The summed E-state index contributed by atoms with van der Waals surface area (Å²) in [4.78, 5) is 31.3. The predicted octanol–water partition coefficient (Wildman–Crippen LogP) is 4.23. The number of fused-ring (bicyclic) bond motifs is 2. The zero-order chi connectivity index (χ0) is 25.9. The van der Waals surface area contributed by atoms with E-state index in [0.29, 0.717) is 6.04 Å². The number of aromatic nitrogens is 2. The molecule has 8 heteroatoms. The third-order valence-electron chi connectivity index (χ3n) is 8.02. The number of hydrogen-bond donors (Lipinski definition) is 0. The van der Waals surface area contributed by atoms with Gasteiger partial charge in [-0.05, 0) is 82.6 Å². The number of benzene rings is 1. The summed E-state index contributed by atoms with van der Waals surface area (Å²) in [7, 11) is 0. The molecule has 4 aliphatic rings. The summed E-state index contributed by atoms with van der Waals surface area (Å²) in [5.41, 5.74) is 4.87. The molecular weight excluding hydrogens is 468 g/mol. The van der Waals surface area contributed by atoms with Crippen LogP contribution in [-0.2, 0) is 28.7 Å². The van der Waals surface area contributed by atoms with E-state index in [9.17, 15) is 9.59 Å². The van der Waals surface area contributed by atoms with Crippen molar-refractivity contribution in [2.45, 2.75) is 83.9 Å². The van der Waals surface area contributed by atoms with Crippen molar-refractivity contribution >= 4 is 17.7 Å². The predicted molar refractivity (Wildman–Crippen MR) is 140 cm³/mol. The van der Waals surface area contributed by atoms with Crippen LogP contribution in [0.4, 0.5) is 10.5 Å². The van der Waals surface area contributed by atoms with Gasteiger partial charge < -0.3 is 19.3 Å². The van der Waals surface area contributed by atoms with E-state index in [1.165, 1.54) is 15.9 Å². The first-order valence-corrected chi connectivity index (χ1v) is 13.7. The van der Waals surface area contributed by atoms with Crippen molar-refractivity contribution < 1.29 is 19.1 Å². The fourth-order valence-electron chi connectivity index (χ4n) is 6.11. The minimum absolute atomic E-state index is 0.114. The van der Waals surface area contributed by atoms with Gasteiger partial charge in [-0.1, -0.05) is 13.0 Å². The lowest BCUT2D eigenvalue weighted by Gasteiger charge is -2.41. The summed E-state index contributed by atoms with van der Waals surface area (Å²) in [6.07, 6.45) is 6.71. The Morgan fingerprint density at radius 3 is 2.62 bits per heavy atom. The summed E-state index contributed by atoms with van der Waals surface area (Å²) in [6.45, 7) is 11.4. The minimum atomic E-state index is -0.573. The van der Waals surface area contributed by atoms with Gasteiger partial charge in [-0.25, -0.2) is 4.79 Å². The van der Waals surface area contributed by atoms with Crippen LogP contribution in [0.15, 0.2) is 24.4 Å². The summed E-state index contributed by atoms with van der Waals surface area (Å²) in [5, 5.41) is 4.51. The van der Waals surface area contributed by atoms with Crippen molar-refractivity contribution in [1.29, 1.82) is 0 Å². The molecule has 2 fully saturated rings. The van der Waals surface area contributed by atoms with Gasteiger partial charge in [0.15, 0.2) is 0 Å². The number of ether oxygens (including phenoxy) is 2. The summed E-state index contributed by atoms with van der Waals surface area (Å²) in [5.74, 6) is 0.160. The molecule has 1 aromatic carbocycles. The Morgan fingerprint density at radius 2 is 1.95 bits per heavy atom. The smallest absolute Gasteiger partial charge is 0.435 e. The Labute approximate surface area is 218 Å². The molecule has 0 N–H and O–H groups in total. The molecule has 1 saturated heterocycles. The molecule has 8 nitrogen and oxygen atoms in total. The summed E-state index contributed by atoms with van der Waals surface area (Å²) < 4.78 is 12.3. The van der Waals surface area contributed by atoms with Crippen LogP contribution in [0, 0.1) is 5.41 Å². The number of amides is 1. The Morgan fingerprint density at radius 1 is 1.16 bits per heavy atom. The van der Waals surface area contributed by atoms with Gasteiger partial charge in [0, 0.05) is 48.0 Å². The highest BCUT2D eigenvalue weighted by Gasteiger charge is 2.42. The molecule has 6 rings (SSSR count). The third kappa shape index (κ3) is 4.76. The van der Waals surface area contributed by atoms with Crippen LogP contribution in [0.2, 0.25) is 0 Å². The summed E-state index contributed by atoms with van der Waals surface area (Å²) in [6, 6.07) is 6.64. The molecule has 0 spiro atoms. The molecule has 1 atom stereocenters. The second-order valence-electron chi connectivity index (χ2n) is 12.6. The van der Waals surface area contributed by atoms with Crippen molar-refractivity contribution in [2.75, 3.05) is 31.2 Å². The van der Waals surface area contributed by atoms with Gasteiger partial charge in [0.1, 0.15) is 5.60 Å². The molecule has 1 amide bonds. The number of anilines is 1. The first kappa shape index (κ1) is 24.5. The van der Waals surface area contributed by atoms with Gasteiger partial charge in [-0.2, -0.15) is 9.78 Å². The molecule has 37 heavy (non-hydrogen) atoms. The second kappa shape index (κ2) is 8.86. The molecule has 2 aliphatic heterocycles. The SMILES string of the molecule is CC1(CN2CCc3c(C(=O)N(C4CC4)C4CCc5nn(C(=O)OC(C)(C)C)cc5C4)cccc32)COC1. The molecule has 1 unspecified atom stereocenters. The van der Waals surface area contributed by atoms with E-state index in [1.807, 2.05) is 32.9 Å². The first-order valence-electron chi connectivity index (χ1n) is 13.7. The Hall–Kier alpha value is -2.87. The maximum atomic E-state index is 14.1. The van der Waals surface area contributed by atoms with Crippen molar-refractivity contribution in [3.8, 4) is 0 Å². The lowest BCUT2D eigenvalue weighted by molar-refractivity contribution is -0.0954. The van der Waals surface area contributed by atoms with Crippen LogP contribution in [0.25, 0.3) is 0 Å². The zero-order valence-electron chi connectivity index (χ0n) is 22.5. The van der Waals surface area contributed by atoms with E-state index in [-0.39, 0.29) is 17.4 Å². The number of carbonyl (C=O) groups excluding carboxylic acids is 2. The van der Waals surface area contributed by atoms with Crippen LogP contribution in [0.5, 0.6) is 0 Å². The number of aryl methyl sites for hydroxylation is 1. The highest BCUT2D eigenvalue weighted by atomic mass is 16.6. The molecule has 0 radical (unpaired) electrons. The second-order valence-corrected chi connectivity index (χ2v) is 12.6. The molecule has 1 saturated carbocycles. The van der Waals surface area contributed by atoms with Gasteiger partial charge in [0.2, 0.25) is 0 Å². The maximum absolute atomic E-state index is 14.1. The fraction of sp³-hybridized carbons (Fsp3) is 0.621. The van der Waals surface area contributed by atoms with E-state index in [2.05, 4.69) is 27.9 Å². The quantitative estimate of drug-likeness (QED) is 0.604. The standard InChI is InChI=1S/C29H38N4O4/c1-28(2,3)37-27(35)32-15-19-14-21(10-11-24(19)30-32)33(20-8-9-20)26(34)23-6-5-7-25-22(23)12-13-31(25)16-29(4)17-36-18-29/h5-7,15,20-21H,8-14,16-18H2,1-4H3. The normalized spacial score (nSPS) is 22.2. The molecular formula is C29H38N4O4. The van der Waals surface area contributed by atoms with E-state index in [4.69, 9.17) is 9.47 Å². The Bertz CT molecular complexity index is 1220. The van der Waals surface area contributed by atoms with E-state index < -0.39 is 11.7 Å². The molecule has 2 aromatic rings. The van der Waals surface area contributed by atoms with E-state index in [0.717, 1.165) is 81.6 Å². The van der Waals surface area contributed by atoms with Gasteiger partial charge >= 0.3 is 6.09 Å². The number of hydrogen-bond acceptors (Lipinski definition) is 6. The average molecular weight is 507 g/mol. The van der Waals surface area contributed by atoms with Crippen LogP contribution in [0.3, 0.4) is 0 Å². The number of rotatable bonds is 5. The fourth-order valence-corrected chi connectivity index (χ4v) is 6.11. The largest absolute Gasteiger partial charge is 0.442 e. The monoisotopic (exact) mass is 506 g/mol. The third-order valence-corrected chi connectivity index (χ3v) is 8.02. The minimum Gasteiger partial charge on any atom is -0.442 e. The molecule has 0 bridgehead atoms. The first-order chi connectivity index (χ1) is 17.6. The topological polar surface area (TPSA) is 76.9 Å². The van der Waals surface area contributed by atoms with Crippen molar-refractivity contribution in [3.05, 3.63) is 46.8 Å². The lowest BCUT2D eigenvalue weighted by atomic mass is 9.88. The van der Waals surface area contributed by atoms with E-state index >= 15 is 0 Å². The van der Waals surface area contributed by atoms with Gasteiger partial charge in [0.25, 0.3) is 5.91 Å². The van der Waals surface area contributed by atoms with Crippen molar-refractivity contribution in [3.63, 3.8) is 0 Å². The van der Waals surface area contributed by atoms with Crippen molar-refractivity contribution in [2.24, 2.45) is 5.41 Å². The van der Waals surface area contributed by atoms with Gasteiger partial charge in [-0.15, -0.1) is 0 Å². The Balaban J connectivity index is 1.21. The zero-order valence-corrected chi connectivity index (χ0v) is 22.5. The molecule has 198 valence electrons. The number of nitrogens with zero attached hydrogens (tertiary/aromatic N) is 4. The maximum Gasteiger partial charge on any atom is 0.435 e. The Kier molecular flexibility index (Phi) is 5.86. The lowest BCUT2D eigenvalue weighted by Crippen LogP contribution is -2.48. The molecule has 3 heterocycles. The van der Waals surface area contributed by atoms with Crippen LogP contribution >= 0.6 is 0 Å². The average Bonchev–Trinajstić information content (AvgIpc) is 3.42. The van der Waals surface area contributed by atoms with Crippen LogP contribution < -0.4 is 4.90 Å². The van der Waals surface area contributed by atoms with E-state index in [1.54, 1.807) is 6.20 Å². The van der Waals surface area contributed by atoms with Gasteiger partial charge in [0.05, 0.1) is 18.9 Å². The van der Waals surface area contributed by atoms with Crippen molar-refractivity contribution in [1.82, 2.24) is 14.7 Å². The highest BCUT2D eigenvalue weighted by Crippen LogP contribution is 2.39. The van der Waals surface area contributed by atoms with Crippen LogP contribution in [0.1, 0.15) is 74.1 Å². The molecule has 2 aliphatic carbocycles. The number of carbonyl (C=O) groups is 2. The van der Waals surface area contributed by atoms with Gasteiger partial charge in [-0.3, -0.25) is 4.79 Å². The molecule has 1 aromatic heterocycles. The summed E-state index contributed by atoms with van der Waals surface area (Å²) >= 11 is 0. The van der Waals surface area contributed by atoms with Crippen LogP contribution in [-0.4, -0.2) is 70.7 Å². The highest BCUT2D eigenvalue weighted by molar-refractivity contribution is 5.98.